The molecule has 168 valence electrons. The monoisotopic (exact) mass is 480 g/mol. The maximum absolute atomic E-state index is 12.0. The summed E-state index contributed by atoms with van der Waals surface area (Å²) in [6.45, 7) is 1.04. The van der Waals surface area contributed by atoms with Crippen LogP contribution in [0.1, 0.15) is 21.5 Å². The Kier molecular flexibility index (Phi) is 7.01. The lowest BCUT2D eigenvalue weighted by molar-refractivity contribution is 0.0599. The van der Waals surface area contributed by atoms with Crippen LogP contribution in [-0.4, -0.2) is 37.8 Å². The molecule has 0 aliphatic heterocycles. The number of benzene rings is 2. The Morgan fingerprint density at radius 2 is 1.85 bits per heavy atom. The van der Waals surface area contributed by atoms with E-state index in [1.165, 1.54) is 7.11 Å². The SMILES string of the molecule is COC(=O)c1ccccc1Cn1cc(NC(=S)Nc2ccn(Cc3ccc(Cl)cc3)n2)cn1. The minimum Gasteiger partial charge on any atom is -0.465 e. The number of nitrogens with one attached hydrogen (secondary N) is 2. The Bertz CT molecular complexity index is 1270. The number of carbonyl (C=O) groups excluding carboxylic acids is 1. The number of aromatic nitrogens is 4. The highest BCUT2D eigenvalue weighted by Crippen LogP contribution is 2.15. The number of thiocarbonyl (C=S) groups is 1. The molecular weight excluding hydrogens is 460 g/mol. The molecule has 2 heterocycles. The molecule has 0 spiro atoms. The molecule has 0 atom stereocenters. The first-order valence-corrected chi connectivity index (χ1v) is 10.8. The van der Waals surface area contributed by atoms with Gasteiger partial charge in [-0.2, -0.15) is 10.2 Å². The van der Waals surface area contributed by atoms with Gasteiger partial charge in [0.15, 0.2) is 10.9 Å². The molecule has 0 unspecified atom stereocenters. The summed E-state index contributed by atoms with van der Waals surface area (Å²) in [5, 5.41) is 16.1. The third-order valence-corrected chi connectivity index (χ3v) is 5.24. The lowest BCUT2D eigenvalue weighted by atomic mass is 10.1. The molecule has 0 saturated carbocycles. The van der Waals surface area contributed by atoms with Crippen LogP contribution in [0.4, 0.5) is 11.5 Å². The number of rotatable bonds is 7. The first-order chi connectivity index (χ1) is 16.0. The molecule has 8 nitrogen and oxygen atoms in total. The van der Waals surface area contributed by atoms with Crippen LogP contribution in [0, 0.1) is 0 Å². The minimum atomic E-state index is -0.378. The van der Waals surface area contributed by atoms with Crippen LogP contribution in [0.5, 0.6) is 0 Å². The zero-order chi connectivity index (χ0) is 23.2. The Labute approximate surface area is 201 Å². The average Bonchev–Trinajstić information content (AvgIpc) is 3.44. The molecule has 10 heteroatoms. The molecule has 0 aliphatic carbocycles. The third kappa shape index (κ3) is 5.97. The van der Waals surface area contributed by atoms with Crippen LogP contribution in [0.3, 0.4) is 0 Å². The Morgan fingerprint density at radius 1 is 1.06 bits per heavy atom. The van der Waals surface area contributed by atoms with E-state index in [-0.39, 0.29) is 5.97 Å². The lowest BCUT2D eigenvalue weighted by Crippen LogP contribution is -2.19. The fourth-order valence-electron chi connectivity index (χ4n) is 3.23. The molecule has 0 bridgehead atoms. The zero-order valence-corrected chi connectivity index (χ0v) is 19.3. The van der Waals surface area contributed by atoms with Crippen molar-refractivity contribution in [1.29, 1.82) is 0 Å². The number of ether oxygens (including phenoxy) is 1. The fraction of sp³-hybridized carbons (Fsp3) is 0.130. The molecule has 2 N–H and O–H groups in total. The number of methoxy groups -OCH3 is 1. The van der Waals surface area contributed by atoms with Gasteiger partial charge in [0.25, 0.3) is 0 Å². The van der Waals surface area contributed by atoms with Crippen molar-refractivity contribution in [2.75, 3.05) is 17.7 Å². The van der Waals surface area contributed by atoms with Gasteiger partial charge in [0, 0.05) is 23.5 Å². The average molecular weight is 481 g/mol. The Hall–Kier alpha value is -3.69. The molecule has 4 rings (SSSR count). The summed E-state index contributed by atoms with van der Waals surface area (Å²) in [7, 11) is 1.36. The molecule has 2 aromatic carbocycles. The summed E-state index contributed by atoms with van der Waals surface area (Å²) < 4.78 is 8.38. The van der Waals surface area contributed by atoms with E-state index in [2.05, 4.69) is 20.8 Å². The van der Waals surface area contributed by atoms with Gasteiger partial charge in [-0.15, -0.1) is 0 Å². The van der Waals surface area contributed by atoms with Crippen molar-refractivity contribution in [3.63, 3.8) is 0 Å². The van der Waals surface area contributed by atoms with E-state index < -0.39 is 0 Å². The van der Waals surface area contributed by atoms with Crippen LogP contribution in [0.25, 0.3) is 0 Å². The molecule has 4 aromatic rings. The van der Waals surface area contributed by atoms with Crippen molar-refractivity contribution in [3.8, 4) is 0 Å². The standard InChI is InChI=1S/C23H21ClN6O2S/c1-32-22(31)20-5-3-2-4-17(20)14-30-15-19(12-25-30)26-23(33)27-21-10-11-29(28-21)13-16-6-8-18(24)9-7-16/h2-12,15H,13-14H2,1H3,(H2,26,27,28,33). The van der Waals surface area contributed by atoms with Gasteiger partial charge in [0.1, 0.15) is 0 Å². The Morgan fingerprint density at radius 3 is 2.64 bits per heavy atom. The minimum absolute atomic E-state index is 0.378. The molecule has 0 saturated heterocycles. The molecule has 0 radical (unpaired) electrons. The smallest absolute Gasteiger partial charge is 0.338 e. The fourth-order valence-corrected chi connectivity index (χ4v) is 3.58. The van der Waals surface area contributed by atoms with Crippen molar-refractivity contribution in [3.05, 3.63) is 94.9 Å². The van der Waals surface area contributed by atoms with Gasteiger partial charge in [-0.3, -0.25) is 9.36 Å². The Balaban J connectivity index is 1.34. The zero-order valence-electron chi connectivity index (χ0n) is 17.7. The third-order valence-electron chi connectivity index (χ3n) is 4.79. The second-order valence-electron chi connectivity index (χ2n) is 7.18. The predicted octanol–water partition coefficient (Wildman–Crippen LogP) is 4.43. The van der Waals surface area contributed by atoms with E-state index in [1.54, 1.807) is 29.2 Å². The molecular formula is C23H21ClN6O2S. The quantitative estimate of drug-likeness (QED) is 0.299. The highest BCUT2D eigenvalue weighted by molar-refractivity contribution is 7.80. The van der Waals surface area contributed by atoms with Crippen LogP contribution in [0.15, 0.2) is 73.2 Å². The van der Waals surface area contributed by atoms with Gasteiger partial charge in [0.2, 0.25) is 0 Å². The van der Waals surface area contributed by atoms with E-state index in [9.17, 15) is 4.79 Å². The molecule has 0 amide bonds. The van der Waals surface area contributed by atoms with Crippen LogP contribution in [0.2, 0.25) is 5.02 Å². The van der Waals surface area contributed by atoms with Crippen LogP contribution >= 0.6 is 23.8 Å². The highest BCUT2D eigenvalue weighted by Gasteiger charge is 2.12. The summed E-state index contributed by atoms with van der Waals surface area (Å²) in [5.41, 5.74) is 3.13. The molecule has 33 heavy (non-hydrogen) atoms. The van der Waals surface area contributed by atoms with E-state index in [0.29, 0.717) is 40.3 Å². The topological polar surface area (TPSA) is 86.0 Å². The van der Waals surface area contributed by atoms with Gasteiger partial charge in [-0.25, -0.2) is 4.79 Å². The summed E-state index contributed by atoms with van der Waals surface area (Å²) in [5.74, 6) is 0.248. The largest absolute Gasteiger partial charge is 0.465 e. The van der Waals surface area contributed by atoms with Crippen molar-refractivity contribution >= 4 is 46.4 Å². The number of halogens is 1. The van der Waals surface area contributed by atoms with Crippen LogP contribution in [-0.2, 0) is 17.8 Å². The van der Waals surface area contributed by atoms with Gasteiger partial charge in [-0.1, -0.05) is 41.9 Å². The van der Waals surface area contributed by atoms with Gasteiger partial charge >= 0.3 is 5.97 Å². The second-order valence-corrected chi connectivity index (χ2v) is 8.02. The van der Waals surface area contributed by atoms with E-state index in [1.807, 2.05) is 53.3 Å². The number of hydrogen-bond donors (Lipinski definition) is 2. The highest BCUT2D eigenvalue weighted by atomic mass is 35.5. The maximum Gasteiger partial charge on any atom is 0.338 e. The summed E-state index contributed by atoms with van der Waals surface area (Å²) in [4.78, 5) is 12.0. The van der Waals surface area contributed by atoms with Crippen molar-refractivity contribution in [2.45, 2.75) is 13.1 Å². The number of hydrogen-bond acceptors (Lipinski definition) is 5. The molecule has 0 fully saturated rings. The summed E-state index contributed by atoms with van der Waals surface area (Å²) in [6, 6.07) is 16.7. The number of anilines is 2. The van der Waals surface area contributed by atoms with E-state index in [0.717, 1.165) is 11.1 Å². The normalized spacial score (nSPS) is 10.6. The second kappa shape index (κ2) is 10.3. The molecule has 2 aromatic heterocycles. The number of esters is 1. The van der Waals surface area contributed by atoms with Crippen molar-refractivity contribution in [1.82, 2.24) is 19.6 Å². The molecule has 0 aliphatic rings. The summed E-state index contributed by atoms with van der Waals surface area (Å²) >= 11 is 11.3. The number of carbonyl (C=O) groups is 1. The first-order valence-electron chi connectivity index (χ1n) is 10.0. The van der Waals surface area contributed by atoms with E-state index >= 15 is 0 Å². The first kappa shape index (κ1) is 22.5. The van der Waals surface area contributed by atoms with Crippen LogP contribution < -0.4 is 10.6 Å². The summed E-state index contributed by atoms with van der Waals surface area (Å²) in [6.07, 6.45) is 5.34. The lowest BCUT2D eigenvalue weighted by Gasteiger charge is -2.08. The van der Waals surface area contributed by atoms with Gasteiger partial charge in [0.05, 0.1) is 37.6 Å². The maximum atomic E-state index is 12.0. The predicted molar refractivity (Wildman–Crippen MR) is 132 cm³/mol. The van der Waals surface area contributed by atoms with Gasteiger partial charge in [-0.05, 0) is 41.5 Å². The van der Waals surface area contributed by atoms with Crippen molar-refractivity contribution in [2.24, 2.45) is 0 Å². The van der Waals surface area contributed by atoms with Gasteiger partial charge < -0.3 is 15.4 Å². The number of nitrogens with zero attached hydrogens (tertiary/aromatic N) is 4. The van der Waals surface area contributed by atoms with Crippen molar-refractivity contribution < 1.29 is 9.53 Å². The van der Waals surface area contributed by atoms with E-state index in [4.69, 9.17) is 28.6 Å².